The molecule has 0 bridgehead atoms. The van der Waals surface area contributed by atoms with Crippen LogP contribution in [0.1, 0.15) is 21.5 Å². The van der Waals surface area contributed by atoms with Gasteiger partial charge in [0.1, 0.15) is 11.3 Å². The zero-order chi connectivity index (χ0) is 23.0. The van der Waals surface area contributed by atoms with Crippen molar-refractivity contribution in [3.63, 3.8) is 0 Å². The summed E-state index contributed by atoms with van der Waals surface area (Å²) in [5.41, 5.74) is 8.74. The van der Waals surface area contributed by atoms with Gasteiger partial charge in [-0.15, -0.1) is 11.3 Å². The molecule has 2 aliphatic heterocycles. The molecule has 2 aliphatic rings. The lowest BCUT2D eigenvalue weighted by molar-refractivity contribution is 0.0730. The molecular formula is C23H22N6O3S. The molecule has 5 rings (SSSR count). The number of carbonyl (C=O) groups is 1. The van der Waals surface area contributed by atoms with Crippen molar-refractivity contribution in [2.45, 2.75) is 18.4 Å². The standard InChI is InChI=1S/C23H22N6O3S/c1-32-17-3-2-15-10-29(20(30)18(15)7-17)13-23(12-26-22(31)28-23)5-4-14-6-16(9-25-8-14)19-11-33-21(24)27-19/h2-3,6-9,11,22,26,28,31H,10,12-13H2,1H3,(H2,24,27). The summed E-state index contributed by atoms with van der Waals surface area (Å²) in [5, 5.41) is 18.5. The minimum Gasteiger partial charge on any atom is -0.497 e. The maximum Gasteiger partial charge on any atom is 0.254 e. The van der Waals surface area contributed by atoms with Gasteiger partial charge in [0.05, 0.1) is 19.3 Å². The van der Waals surface area contributed by atoms with Crippen molar-refractivity contribution >= 4 is 22.4 Å². The number of anilines is 1. The molecule has 2 aromatic heterocycles. The highest BCUT2D eigenvalue weighted by molar-refractivity contribution is 7.13. The largest absolute Gasteiger partial charge is 0.497 e. The fourth-order valence-electron chi connectivity index (χ4n) is 4.04. The molecule has 0 spiro atoms. The molecule has 0 aliphatic carbocycles. The van der Waals surface area contributed by atoms with Gasteiger partial charge in [0.15, 0.2) is 11.5 Å². The van der Waals surface area contributed by atoms with Crippen LogP contribution < -0.4 is 21.1 Å². The molecule has 33 heavy (non-hydrogen) atoms. The fourth-order valence-corrected chi connectivity index (χ4v) is 4.61. The number of nitrogens with zero attached hydrogens (tertiary/aromatic N) is 3. The fraction of sp³-hybridized carbons (Fsp3) is 0.261. The van der Waals surface area contributed by atoms with E-state index in [1.165, 1.54) is 11.3 Å². The number of rotatable bonds is 4. The summed E-state index contributed by atoms with van der Waals surface area (Å²) >= 11 is 1.36. The van der Waals surface area contributed by atoms with E-state index in [2.05, 4.69) is 32.4 Å². The highest BCUT2D eigenvalue weighted by Gasteiger charge is 2.41. The van der Waals surface area contributed by atoms with E-state index in [-0.39, 0.29) is 5.91 Å². The molecule has 1 fully saturated rings. The summed E-state index contributed by atoms with van der Waals surface area (Å²) in [7, 11) is 1.58. The Hall–Kier alpha value is -3.49. The SMILES string of the molecule is COc1ccc2c(c1)C(=O)N(CC1(C#Cc3cncc(-c4csc(N)n4)c3)CNC(O)N1)C2. The van der Waals surface area contributed by atoms with E-state index in [1.54, 1.807) is 30.5 Å². The second kappa shape index (κ2) is 8.46. The zero-order valence-corrected chi connectivity index (χ0v) is 18.6. The molecule has 2 atom stereocenters. The summed E-state index contributed by atoms with van der Waals surface area (Å²) < 4.78 is 5.26. The predicted molar refractivity (Wildman–Crippen MR) is 124 cm³/mol. The van der Waals surface area contributed by atoms with Crippen LogP contribution in [0, 0.1) is 11.8 Å². The van der Waals surface area contributed by atoms with Crippen LogP contribution in [0.15, 0.2) is 42.0 Å². The molecule has 10 heteroatoms. The lowest BCUT2D eigenvalue weighted by Crippen LogP contribution is -2.52. The number of nitrogens with two attached hydrogens (primary N) is 1. The number of aromatic nitrogens is 2. The average Bonchev–Trinajstić information content (AvgIpc) is 3.51. The van der Waals surface area contributed by atoms with Crippen molar-refractivity contribution in [2.75, 3.05) is 25.9 Å². The summed E-state index contributed by atoms with van der Waals surface area (Å²) in [6.45, 7) is 1.15. The predicted octanol–water partition coefficient (Wildman–Crippen LogP) is 1.01. The van der Waals surface area contributed by atoms with Gasteiger partial charge < -0.3 is 20.5 Å². The monoisotopic (exact) mass is 462 g/mol. The number of thiazole rings is 1. The second-order valence-electron chi connectivity index (χ2n) is 7.98. The van der Waals surface area contributed by atoms with E-state index in [1.807, 2.05) is 23.6 Å². The molecule has 4 heterocycles. The number of methoxy groups -OCH3 is 1. The lowest BCUT2D eigenvalue weighted by atomic mass is 10.00. The van der Waals surface area contributed by atoms with Gasteiger partial charge in [-0.1, -0.05) is 17.9 Å². The quantitative estimate of drug-likeness (QED) is 0.424. The van der Waals surface area contributed by atoms with Crippen molar-refractivity contribution in [1.29, 1.82) is 0 Å². The Balaban J connectivity index is 1.40. The highest BCUT2D eigenvalue weighted by atomic mass is 32.1. The Morgan fingerprint density at radius 1 is 1.39 bits per heavy atom. The number of amides is 1. The van der Waals surface area contributed by atoms with Crippen LogP contribution in [-0.2, 0) is 6.54 Å². The molecule has 2 unspecified atom stereocenters. The molecule has 5 N–H and O–H groups in total. The van der Waals surface area contributed by atoms with Crippen LogP contribution in [0.5, 0.6) is 5.75 Å². The molecule has 0 radical (unpaired) electrons. The number of carbonyl (C=O) groups excluding carboxylic acids is 1. The van der Waals surface area contributed by atoms with Gasteiger partial charge in [-0.3, -0.25) is 20.4 Å². The van der Waals surface area contributed by atoms with E-state index in [9.17, 15) is 9.90 Å². The van der Waals surface area contributed by atoms with Gasteiger partial charge in [0, 0.05) is 47.6 Å². The normalized spacial score (nSPS) is 21.6. The van der Waals surface area contributed by atoms with Gasteiger partial charge >= 0.3 is 0 Å². The first-order valence-electron chi connectivity index (χ1n) is 10.3. The molecule has 1 saturated heterocycles. The number of nitrogen functional groups attached to an aromatic ring is 1. The van der Waals surface area contributed by atoms with Gasteiger partial charge in [-0.25, -0.2) is 4.98 Å². The number of fused-ring (bicyclic) bond motifs is 1. The second-order valence-corrected chi connectivity index (χ2v) is 8.87. The van der Waals surface area contributed by atoms with Crippen molar-refractivity contribution in [3.05, 3.63) is 58.7 Å². The maximum atomic E-state index is 13.0. The molecule has 1 aromatic carbocycles. The first-order valence-corrected chi connectivity index (χ1v) is 11.2. The number of benzene rings is 1. The third-order valence-electron chi connectivity index (χ3n) is 5.67. The van der Waals surface area contributed by atoms with E-state index in [0.29, 0.717) is 41.6 Å². The Morgan fingerprint density at radius 3 is 3.00 bits per heavy atom. The summed E-state index contributed by atoms with van der Waals surface area (Å²) in [5.74, 6) is 6.95. The summed E-state index contributed by atoms with van der Waals surface area (Å²) in [6.07, 6.45) is 2.46. The summed E-state index contributed by atoms with van der Waals surface area (Å²) in [6, 6.07) is 7.40. The molecule has 1 amide bonds. The molecule has 9 nitrogen and oxygen atoms in total. The van der Waals surface area contributed by atoms with Crippen molar-refractivity contribution in [2.24, 2.45) is 0 Å². The van der Waals surface area contributed by atoms with Gasteiger partial charge in [0.25, 0.3) is 5.91 Å². The Kier molecular flexibility index (Phi) is 5.47. The van der Waals surface area contributed by atoms with Crippen LogP contribution in [0.4, 0.5) is 5.13 Å². The van der Waals surface area contributed by atoms with Crippen LogP contribution in [0.2, 0.25) is 0 Å². The van der Waals surface area contributed by atoms with Gasteiger partial charge in [-0.2, -0.15) is 0 Å². The van der Waals surface area contributed by atoms with Crippen molar-refractivity contribution in [3.8, 4) is 28.8 Å². The number of aliphatic hydroxyl groups excluding tert-OH is 1. The minimum atomic E-state index is -0.915. The lowest BCUT2D eigenvalue weighted by Gasteiger charge is -2.28. The topological polar surface area (TPSA) is 126 Å². The zero-order valence-electron chi connectivity index (χ0n) is 17.8. The van der Waals surface area contributed by atoms with Crippen LogP contribution in [-0.4, -0.2) is 58.0 Å². The van der Waals surface area contributed by atoms with Crippen LogP contribution in [0.25, 0.3) is 11.3 Å². The average molecular weight is 463 g/mol. The first-order chi connectivity index (χ1) is 15.9. The third-order valence-corrected chi connectivity index (χ3v) is 6.34. The number of ether oxygens (including phenoxy) is 1. The minimum absolute atomic E-state index is 0.0851. The van der Waals surface area contributed by atoms with Crippen LogP contribution in [0.3, 0.4) is 0 Å². The maximum absolute atomic E-state index is 13.0. The van der Waals surface area contributed by atoms with Crippen molar-refractivity contribution in [1.82, 2.24) is 25.5 Å². The highest BCUT2D eigenvalue weighted by Crippen LogP contribution is 2.28. The Morgan fingerprint density at radius 2 is 2.27 bits per heavy atom. The van der Waals surface area contributed by atoms with E-state index in [0.717, 1.165) is 16.8 Å². The number of hydrogen-bond donors (Lipinski definition) is 4. The summed E-state index contributed by atoms with van der Waals surface area (Å²) in [4.78, 5) is 23.3. The molecule has 3 aromatic rings. The number of nitrogens with one attached hydrogen (secondary N) is 2. The van der Waals surface area contributed by atoms with Crippen LogP contribution >= 0.6 is 11.3 Å². The Labute approximate surface area is 194 Å². The smallest absolute Gasteiger partial charge is 0.254 e. The molecule has 168 valence electrons. The number of hydrogen-bond acceptors (Lipinski definition) is 9. The third kappa shape index (κ3) is 4.27. The van der Waals surface area contributed by atoms with Gasteiger partial charge in [0.2, 0.25) is 0 Å². The first kappa shape index (κ1) is 21.4. The van der Waals surface area contributed by atoms with E-state index >= 15 is 0 Å². The molecule has 0 saturated carbocycles. The van der Waals surface area contributed by atoms with E-state index < -0.39 is 11.9 Å². The molecular weight excluding hydrogens is 440 g/mol. The van der Waals surface area contributed by atoms with E-state index in [4.69, 9.17) is 10.5 Å². The number of pyridine rings is 1. The number of aliphatic hydroxyl groups is 1. The van der Waals surface area contributed by atoms with Crippen molar-refractivity contribution < 1.29 is 14.6 Å². The Bertz CT molecular complexity index is 1280. The van der Waals surface area contributed by atoms with Gasteiger partial charge in [-0.05, 0) is 23.8 Å².